The Kier molecular flexibility index (Phi) is 3.60. The lowest BCUT2D eigenvalue weighted by atomic mass is 9.70. The molecule has 2 heteroatoms. The first kappa shape index (κ1) is 12.4. The monoisotopic (exact) mass is 225 g/mol. The molecule has 2 aliphatic rings. The summed E-state index contributed by atoms with van der Waals surface area (Å²) in [6.07, 6.45) is 7.14. The number of nitrogens with zero attached hydrogens (tertiary/aromatic N) is 1. The van der Waals surface area contributed by atoms with Crippen LogP contribution in [0.4, 0.5) is 0 Å². The van der Waals surface area contributed by atoms with E-state index in [0.29, 0.717) is 17.5 Å². The maximum absolute atomic E-state index is 9.90. The van der Waals surface area contributed by atoms with Crippen LogP contribution in [0.1, 0.15) is 59.3 Å². The van der Waals surface area contributed by atoms with Crippen LogP contribution in [0.2, 0.25) is 0 Å². The summed E-state index contributed by atoms with van der Waals surface area (Å²) in [5.74, 6) is 0. The minimum atomic E-state index is -0.0628. The lowest BCUT2D eigenvalue weighted by Gasteiger charge is -2.50. The molecule has 1 N–H and O–H groups in total. The largest absolute Gasteiger partial charge is 0.393 e. The zero-order valence-corrected chi connectivity index (χ0v) is 11.1. The summed E-state index contributed by atoms with van der Waals surface area (Å²) >= 11 is 0. The van der Waals surface area contributed by atoms with Crippen molar-refractivity contribution in [2.75, 3.05) is 6.54 Å². The van der Waals surface area contributed by atoms with Crippen LogP contribution in [-0.2, 0) is 0 Å². The lowest BCUT2D eigenvalue weighted by Crippen LogP contribution is -2.54. The van der Waals surface area contributed by atoms with Gasteiger partial charge in [0.1, 0.15) is 0 Å². The molecule has 0 spiro atoms. The van der Waals surface area contributed by atoms with Crippen molar-refractivity contribution in [2.45, 2.75) is 77.5 Å². The first-order valence-electron chi connectivity index (χ1n) is 6.94. The fraction of sp³-hybridized carbons (Fsp3) is 1.00. The standard InChI is InChI=1S/C14H27NO/c1-11-6-4-5-9-15(11)13-10-12(16)7-8-14(13,2)3/h11-13,16H,4-10H2,1-3H3. The molecule has 3 unspecified atom stereocenters. The maximum atomic E-state index is 9.90. The molecule has 94 valence electrons. The van der Waals surface area contributed by atoms with Crippen molar-refractivity contribution >= 4 is 0 Å². The summed E-state index contributed by atoms with van der Waals surface area (Å²) in [6.45, 7) is 8.36. The first-order chi connectivity index (χ1) is 7.50. The van der Waals surface area contributed by atoms with Gasteiger partial charge in [0.25, 0.3) is 0 Å². The number of aliphatic hydroxyl groups excluding tert-OH is 1. The molecule has 0 aromatic rings. The van der Waals surface area contributed by atoms with Gasteiger partial charge < -0.3 is 5.11 Å². The highest BCUT2D eigenvalue weighted by molar-refractivity contribution is 4.95. The van der Waals surface area contributed by atoms with Crippen molar-refractivity contribution < 1.29 is 5.11 Å². The Balaban J connectivity index is 2.09. The Bertz CT molecular complexity index is 239. The average Bonchev–Trinajstić information content (AvgIpc) is 2.23. The summed E-state index contributed by atoms with van der Waals surface area (Å²) in [7, 11) is 0. The second-order valence-electron chi connectivity index (χ2n) is 6.52. The van der Waals surface area contributed by atoms with Gasteiger partial charge in [0.15, 0.2) is 0 Å². The third kappa shape index (κ3) is 2.43. The van der Waals surface area contributed by atoms with Crippen molar-refractivity contribution in [3.05, 3.63) is 0 Å². The molecule has 2 rings (SSSR count). The summed E-state index contributed by atoms with van der Waals surface area (Å²) < 4.78 is 0. The van der Waals surface area contributed by atoms with Crippen molar-refractivity contribution in [1.82, 2.24) is 4.90 Å². The normalized spacial score (nSPS) is 40.9. The summed E-state index contributed by atoms with van der Waals surface area (Å²) in [6, 6.07) is 1.30. The van der Waals surface area contributed by atoms with Crippen molar-refractivity contribution in [2.24, 2.45) is 5.41 Å². The molecule has 2 fully saturated rings. The lowest BCUT2D eigenvalue weighted by molar-refractivity contribution is -0.0366. The van der Waals surface area contributed by atoms with Gasteiger partial charge >= 0.3 is 0 Å². The van der Waals surface area contributed by atoms with Crippen molar-refractivity contribution in [1.29, 1.82) is 0 Å². The Morgan fingerprint density at radius 3 is 2.62 bits per heavy atom. The van der Waals surface area contributed by atoms with Crippen LogP contribution in [0.15, 0.2) is 0 Å². The van der Waals surface area contributed by atoms with Crippen LogP contribution < -0.4 is 0 Å². The zero-order chi connectivity index (χ0) is 11.8. The summed E-state index contributed by atoms with van der Waals surface area (Å²) in [4.78, 5) is 2.67. The topological polar surface area (TPSA) is 23.5 Å². The number of hydrogen-bond acceptors (Lipinski definition) is 2. The summed E-state index contributed by atoms with van der Waals surface area (Å²) in [5, 5.41) is 9.90. The Morgan fingerprint density at radius 2 is 1.94 bits per heavy atom. The van der Waals surface area contributed by atoms with Gasteiger partial charge in [-0.3, -0.25) is 4.90 Å². The molecule has 1 saturated heterocycles. The van der Waals surface area contributed by atoms with Gasteiger partial charge in [0, 0.05) is 12.1 Å². The van der Waals surface area contributed by atoms with E-state index in [9.17, 15) is 5.11 Å². The quantitative estimate of drug-likeness (QED) is 0.742. The van der Waals surface area contributed by atoms with E-state index in [4.69, 9.17) is 0 Å². The predicted octanol–water partition coefficient (Wildman–Crippen LogP) is 2.80. The van der Waals surface area contributed by atoms with Gasteiger partial charge in [0.2, 0.25) is 0 Å². The van der Waals surface area contributed by atoms with Crippen molar-refractivity contribution in [3.63, 3.8) is 0 Å². The fourth-order valence-electron chi connectivity index (χ4n) is 3.57. The molecule has 1 heterocycles. The molecule has 16 heavy (non-hydrogen) atoms. The Morgan fingerprint density at radius 1 is 1.19 bits per heavy atom. The molecule has 0 amide bonds. The highest BCUT2D eigenvalue weighted by atomic mass is 16.3. The van der Waals surface area contributed by atoms with Crippen LogP contribution >= 0.6 is 0 Å². The van der Waals surface area contributed by atoms with Crippen molar-refractivity contribution in [3.8, 4) is 0 Å². The Hall–Kier alpha value is -0.0800. The predicted molar refractivity (Wildman–Crippen MR) is 67.4 cm³/mol. The van der Waals surface area contributed by atoms with Crippen LogP contribution in [0.5, 0.6) is 0 Å². The number of hydrogen-bond donors (Lipinski definition) is 1. The van der Waals surface area contributed by atoms with E-state index < -0.39 is 0 Å². The van der Waals surface area contributed by atoms with Gasteiger partial charge in [-0.05, 0) is 51.0 Å². The number of likely N-dealkylation sites (tertiary alicyclic amines) is 1. The number of rotatable bonds is 1. The van der Waals surface area contributed by atoms with Crippen LogP contribution in [-0.4, -0.2) is 34.7 Å². The number of aliphatic hydroxyl groups is 1. The van der Waals surface area contributed by atoms with Gasteiger partial charge in [-0.1, -0.05) is 20.3 Å². The van der Waals surface area contributed by atoms with E-state index in [1.165, 1.54) is 32.2 Å². The fourth-order valence-corrected chi connectivity index (χ4v) is 3.57. The smallest absolute Gasteiger partial charge is 0.0555 e. The Labute approximate surface area is 100 Å². The van der Waals surface area contributed by atoms with E-state index in [0.717, 1.165) is 12.8 Å². The third-order valence-corrected chi connectivity index (χ3v) is 4.77. The maximum Gasteiger partial charge on any atom is 0.0555 e. The molecule has 1 saturated carbocycles. The van der Waals surface area contributed by atoms with Gasteiger partial charge in [-0.25, -0.2) is 0 Å². The van der Waals surface area contributed by atoms with Gasteiger partial charge in [0.05, 0.1) is 6.10 Å². The van der Waals surface area contributed by atoms with E-state index in [2.05, 4.69) is 25.7 Å². The van der Waals surface area contributed by atoms with E-state index >= 15 is 0 Å². The van der Waals surface area contributed by atoms with Crippen LogP contribution in [0.25, 0.3) is 0 Å². The molecule has 1 aliphatic carbocycles. The zero-order valence-electron chi connectivity index (χ0n) is 11.1. The highest BCUT2D eigenvalue weighted by Gasteiger charge is 2.41. The average molecular weight is 225 g/mol. The molecule has 2 nitrogen and oxygen atoms in total. The molecule has 3 atom stereocenters. The molecule has 0 radical (unpaired) electrons. The molecular weight excluding hydrogens is 198 g/mol. The SMILES string of the molecule is CC1CCCCN1C1CC(O)CCC1(C)C. The first-order valence-corrected chi connectivity index (χ1v) is 6.94. The molecule has 1 aliphatic heterocycles. The highest BCUT2D eigenvalue weighted by Crippen LogP contribution is 2.40. The van der Waals surface area contributed by atoms with Gasteiger partial charge in [-0.15, -0.1) is 0 Å². The van der Waals surface area contributed by atoms with E-state index in [-0.39, 0.29) is 6.10 Å². The third-order valence-electron chi connectivity index (χ3n) is 4.77. The van der Waals surface area contributed by atoms with E-state index in [1.54, 1.807) is 0 Å². The molecular formula is C14H27NO. The van der Waals surface area contributed by atoms with E-state index in [1.807, 2.05) is 0 Å². The van der Waals surface area contributed by atoms with Crippen LogP contribution in [0, 0.1) is 5.41 Å². The molecule has 0 bridgehead atoms. The van der Waals surface area contributed by atoms with Crippen LogP contribution in [0.3, 0.4) is 0 Å². The van der Waals surface area contributed by atoms with Gasteiger partial charge in [-0.2, -0.15) is 0 Å². The second-order valence-corrected chi connectivity index (χ2v) is 6.52. The molecule has 0 aromatic heterocycles. The number of piperidine rings is 1. The minimum absolute atomic E-state index is 0.0628. The summed E-state index contributed by atoms with van der Waals surface area (Å²) in [5.41, 5.74) is 0.380. The second kappa shape index (κ2) is 4.66. The minimum Gasteiger partial charge on any atom is -0.393 e. The molecule has 0 aromatic carbocycles.